The van der Waals surface area contributed by atoms with Gasteiger partial charge in [0, 0.05) is 5.57 Å². The molecule has 0 N–H and O–H groups in total. The van der Waals surface area contributed by atoms with Gasteiger partial charge in [-0.1, -0.05) is 74.5 Å². The highest BCUT2D eigenvalue weighted by Crippen LogP contribution is 2.23. The molecule has 0 saturated heterocycles. The van der Waals surface area contributed by atoms with Crippen molar-refractivity contribution in [3.05, 3.63) is 78.1 Å². The van der Waals surface area contributed by atoms with Crippen molar-refractivity contribution in [1.29, 1.82) is 0 Å². The summed E-state index contributed by atoms with van der Waals surface area (Å²) in [7, 11) is 0. The minimum atomic E-state index is 0.532. The third-order valence-electron chi connectivity index (χ3n) is 2.80. The highest BCUT2D eigenvalue weighted by atomic mass is 16.5. The van der Waals surface area contributed by atoms with Gasteiger partial charge in [-0.2, -0.15) is 0 Å². The van der Waals surface area contributed by atoms with Gasteiger partial charge in [0.2, 0.25) is 0 Å². The lowest BCUT2D eigenvalue weighted by Gasteiger charge is -2.10. The van der Waals surface area contributed by atoms with Crippen molar-refractivity contribution in [1.82, 2.24) is 0 Å². The minimum absolute atomic E-state index is 0.532. The average molecular weight is 252 g/mol. The molecule has 1 heteroatoms. The van der Waals surface area contributed by atoms with E-state index >= 15 is 0 Å². The van der Waals surface area contributed by atoms with E-state index in [0.717, 1.165) is 12.2 Å². The van der Waals surface area contributed by atoms with Crippen LogP contribution in [0.1, 0.15) is 25.0 Å². The number of ether oxygens (including phenoxy) is 1. The van der Waals surface area contributed by atoms with Crippen LogP contribution >= 0.6 is 0 Å². The van der Waals surface area contributed by atoms with E-state index < -0.39 is 0 Å². The average Bonchev–Trinajstić information content (AvgIpc) is 2.45. The van der Waals surface area contributed by atoms with Gasteiger partial charge in [0.1, 0.15) is 0 Å². The van der Waals surface area contributed by atoms with Crippen molar-refractivity contribution >= 4 is 5.57 Å². The zero-order valence-electron chi connectivity index (χ0n) is 11.5. The van der Waals surface area contributed by atoms with Gasteiger partial charge in [0.05, 0.1) is 12.9 Å². The van der Waals surface area contributed by atoms with E-state index in [1.54, 1.807) is 0 Å². The van der Waals surface area contributed by atoms with Crippen LogP contribution in [0.2, 0.25) is 0 Å². The van der Waals surface area contributed by atoms with E-state index in [4.69, 9.17) is 4.74 Å². The summed E-state index contributed by atoms with van der Waals surface area (Å²) in [6, 6.07) is 20.7. The highest BCUT2D eigenvalue weighted by Gasteiger charge is 2.04. The van der Waals surface area contributed by atoms with Crippen molar-refractivity contribution in [3.8, 4) is 0 Å². The Morgan fingerprint density at radius 1 is 0.895 bits per heavy atom. The van der Waals surface area contributed by atoms with Crippen molar-refractivity contribution in [2.24, 2.45) is 5.92 Å². The van der Waals surface area contributed by atoms with Gasteiger partial charge in [-0.25, -0.2) is 0 Å². The van der Waals surface area contributed by atoms with Gasteiger partial charge in [-0.15, -0.1) is 0 Å². The molecule has 0 heterocycles. The molecule has 2 rings (SSSR count). The van der Waals surface area contributed by atoms with Crippen LogP contribution in [0.5, 0.6) is 0 Å². The Morgan fingerprint density at radius 3 is 1.79 bits per heavy atom. The predicted octanol–water partition coefficient (Wildman–Crippen LogP) is 4.75. The topological polar surface area (TPSA) is 9.23 Å². The van der Waals surface area contributed by atoms with E-state index in [9.17, 15) is 0 Å². The Labute approximate surface area is 115 Å². The lowest BCUT2D eigenvalue weighted by atomic mass is 9.99. The molecule has 0 aromatic heterocycles. The summed E-state index contributed by atoms with van der Waals surface area (Å²) >= 11 is 0. The zero-order chi connectivity index (χ0) is 13.5. The SMILES string of the molecule is CC(C)COC=C(c1ccccc1)c1ccccc1. The summed E-state index contributed by atoms with van der Waals surface area (Å²) in [5.74, 6) is 0.532. The molecule has 0 aliphatic rings. The van der Waals surface area contributed by atoms with Gasteiger partial charge in [0.25, 0.3) is 0 Å². The van der Waals surface area contributed by atoms with E-state index in [0.29, 0.717) is 5.92 Å². The van der Waals surface area contributed by atoms with E-state index in [2.05, 4.69) is 62.4 Å². The third kappa shape index (κ3) is 3.99. The van der Waals surface area contributed by atoms with Crippen LogP contribution in [0, 0.1) is 5.92 Å². The summed E-state index contributed by atoms with van der Waals surface area (Å²) in [4.78, 5) is 0. The molecule has 0 fully saturated rings. The number of hydrogen-bond acceptors (Lipinski definition) is 1. The number of benzene rings is 2. The largest absolute Gasteiger partial charge is 0.500 e. The third-order valence-corrected chi connectivity index (χ3v) is 2.80. The lowest BCUT2D eigenvalue weighted by molar-refractivity contribution is 0.213. The first-order valence-corrected chi connectivity index (χ1v) is 6.70. The van der Waals surface area contributed by atoms with Gasteiger partial charge >= 0.3 is 0 Å². The number of hydrogen-bond donors (Lipinski definition) is 0. The normalized spacial score (nSPS) is 10.3. The summed E-state index contributed by atoms with van der Waals surface area (Å²) in [5, 5.41) is 0. The summed E-state index contributed by atoms with van der Waals surface area (Å²) < 4.78 is 5.70. The molecule has 98 valence electrons. The van der Waals surface area contributed by atoms with Crippen LogP contribution in [0.15, 0.2) is 66.9 Å². The molecular weight excluding hydrogens is 232 g/mol. The fourth-order valence-electron chi connectivity index (χ4n) is 1.86. The standard InChI is InChI=1S/C18H20O/c1-15(2)13-19-14-18(16-9-5-3-6-10-16)17-11-7-4-8-12-17/h3-12,14-15H,13H2,1-2H3. The molecule has 0 radical (unpaired) electrons. The Balaban J connectivity index is 2.29. The molecule has 0 aliphatic heterocycles. The molecule has 2 aromatic carbocycles. The fraction of sp³-hybridized carbons (Fsp3) is 0.222. The maximum atomic E-state index is 5.70. The maximum Gasteiger partial charge on any atom is 0.0913 e. The Kier molecular flexibility index (Phi) is 4.79. The van der Waals surface area contributed by atoms with Crippen LogP contribution < -0.4 is 0 Å². The second-order valence-electron chi connectivity index (χ2n) is 4.99. The minimum Gasteiger partial charge on any atom is -0.500 e. The van der Waals surface area contributed by atoms with Gasteiger partial charge < -0.3 is 4.74 Å². The van der Waals surface area contributed by atoms with Crippen LogP contribution in [-0.4, -0.2) is 6.61 Å². The molecule has 0 amide bonds. The summed E-state index contributed by atoms with van der Waals surface area (Å²) in [5.41, 5.74) is 3.48. The second-order valence-corrected chi connectivity index (χ2v) is 4.99. The molecule has 0 bridgehead atoms. The van der Waals surface area contributed by atoms with Crippen LogP contribution in [-0.2, 0) is 4.74 Å². The van der Waals surface area contributed by atoms with Crippen molar-refractivity contribution in [2.45, 2.75) is 13.8 Å². The Hall–Kier alpha value is -2.02. The molecule has 1 nitrogen and oxygen atoms in total. The van der Waals surface area contributed by atoms with Gasteiger partial charge in [0.15, 0.2) is 0 Å². The van der Waals surface area contributed by atoms with Crippen molar-refractivity contribution in [3.63, 3.8) is 0 Å². The summed E-state index contributed by atoms with van der Waals surface area (Å²) in [6.45, 7) is 5.04. The second kappa shape index (κ2) is 6.79. The lowest BCUT2D eigenvalue weighted by Crippen LogP contribution is -1.98. The highest BCUT2D eigenvalue weighted by molar-refractivity contribution is 5.78. The van der Waals surface area contributed by atoms with Crippen LogP contribution in [0.25, 0.3) is 5.57 Å². The first kappa shape index (κ1) is 13.4. The van der Waals surface area contributed by atoms with E-state index in [1.165, 1.54) is 11.1 Å². The van der Waals surface area contributed by atoms with Gasteiger partial charge in [-0.3, -0.25) is 0 Å². The number of rotatable bonds is 5. The Bertz CT molecular complexity index is 470. The van der Waals surface area contributed by atoms with Gasteiger partial charge in [-0.05, 0) is 17.0 Å². The Morgan fingerprint density at radius 2 is 1.37 bits per heavy atom. The molecule has 0 atom stereocenters. The zero-order valence-corrected chi connectivity index (χ0v) is 11.5. The first-order valence-electron chi connectivity index (χ1n) is 6.70. The summed E-state index contributed by atoms with van der Waals surface area (Å²) in [6.07, 6.45) is 1.88. The smallest absolute Gasteiger partial charge is 0.0913 e. The quantitative estimate of drug-likeness (QED) is 0.698. The molecule has 0 unspecified atom stereocenters. The van der Waals surface area contributed by atoms with E-state index in [1.807, 2.05) is 18.4 Å². The molecular formula is C18H20O. The monoisotopic (exact) mass is 252 g/mol. The molecule has 0 saturated carbocycles. The molecule has 2 aromatic rings. The maximum absolute atomic E-state index is 5.70. The molecule has 0 aliphatic carbocycles. The first-order chi connectivity index (χ1) is 9.27. The fourth-order valence-corrected chi connectivity index (χ4v) is 1.86. The molecule has 19 heavy (non-hydrogen) atoms. The predicted molar refractivity (Wildman–Crippen MR) is 80.8 cm³/mol. The van der Waals surface area contributed by atoms with E-state index in [-0.39, 0.29) is 0 Å². The molecule has 0 spiro atoms. The van der Waals surface area contributed by atoms with Crippen molar-refractivity contribution in [2.75, 3.05) is 6.61 Å². The van der Waals surface area contributed by atoms with Crippen molar-refractivity contribution < 1.29 is 4.74 Å². The van der Waals surface area contributed by atoms with Crippen LogP contribution in [0.4, 0.5) is 0 Å². The van der Waals surface area contributed by atoms with Crippen LogP contribution in [0.3, 0.4) is 0 Å².